The van der Waals surface area contributed by atoms with Crippen LogP contribution in [0.25, 0.3) is 0 Å². The second kappa shape index (κ2) is 6.92. The van der Waals surface area contributed by atoms with Crippen molar-refractivity contribution in [2.75, 3.05) is 0 Å². The van der Waals surface area contributed by atoms with Crippen molar-refractivity contribution in [1.82, 2.24) is 0 Å². The van der Waals surface area contributed by atoms with Crippen LogP contribution in [0.2, 0.25) is 0 Å². The predicted molar refractivity (Wildman–Crippen MR) is 36.7 cm³/mol. The second-order valence-electron chi connectivity index (χ2n) is 2.04. The summed E-state index contributed by atoms with van der Waals surface area (Å²) in [6.45, 7) is 2.06. The van der Waals surface area contributed by atoms with Gasteiger partial charge < -0.3 is 0 Å². The van der Waals surface area contributed by atoms with Crippen molar-refractivity contribution in [2.45, 2.75) is 32.6 Å². The first-order valence-electron chi connectivity index (χ1n) is 3.44. The Morgan fingerprint density at radius 2 is 2.20 bits per heavy atom. The van der Waals surface area contributed by atoms with E-state index in [1.54, 1.807) is 0 Å². The standard InChI is InChI=1S/C6H12O2.Al.O/c1-2-3-4-5-6(7)8;;/h2-5H2,1H3,(H,7,8);;/q;+1;/p-1. The van der Waals surface area contributed by atoms with Crippen molar-refractivity contribution in [3.05, 3.63) is 0 Å². The molecule has 0 aromatic rings. The first-order valence-corrected chi connectivity index (χ1v) is 4.38. The van der Waals surface area contributed by atoms with E-state index in [1.165, 1.54) is 0 Å². The molecule has 0 atom stereocenters. The molecule has 0 heterocycles. The maximum atomic E-state index is 10.5. The summed E-state index contributed by atoms with van der Waals surface area (Å²) in [7, 11) is 0. The summed E-state index contributed by atoms with van der Waals surface area (Å²) >= 11 is -1.36. The fourth-order valence-electron chi connectivity index (χ4n) is 0.632. The van der Waals surface area contributed by atoms with Crippen molar-refractivity contribution in [1.29, 1.82) is 0 Å². The Morgan fingerprint density at radius 1 is 1.50 bits per heavy atom. The molecule has 0 aromatic carbocycles. The van der Waals surface area contributed by atoms with Crippen molar-refractivity contribution >= 4 is 21.5 Å². The molecule has 0 saturated carbocycles. The molecule has 0 fully saturated rings. The van der Waals surface area contributed by atoms with Crippen molar-refractivity contribution in [2.24, 2.45) is 0 Å². The Labute approximate surface area is 67.0 Å². The molecule has 0 radical (unpaired) electrons. The third-order valence-electron chi connectivity index (χ3n) is 1.16. The van der Waals surface area contributed by atoms with Gasteiger partial charge in [-0.1, -0.05) is 0 Å². The predicted octanol–water partition coefficient (Wildman–Crippen LogP) is 1.07. The Bertz CT molecular complexity index is 114. The van der Waals surface area contributed by atoms with Gasteiger partial charge in [0, 0.05) is 0 Å². The molecule has 0 bridgehead atoms. The normalized spacial score (nSPS) is 8.50. The Morgan fingerprint density at radius 3 is 2.70 bits per heavy atom. The molecule has 0 aliphatic carbocycles. The Kier molecular flexibility index (Phi) is 6.78. The zero-order chi connectivity index (χ0) is 7.82. The molecular weight excluding hydrogens is 147 g/mol. The zero-order valence-corrected chi connectivity index (χ0v) is 7.29. The molecule has 3 nitrogen and oxygen atoms in total. The fraction of sp³-hybridized carbons (Fsp3) is 0.833. The average molecular weight is 158 g/mol. The van der Waals surface area contributed by atoms with Crippen LogP contribution in [0.4, 0.5) is 0 Å². The van der Waals surface area contributed by atoms with Crippen LogP contribution in [0.3, 0.4) is 0 Å². The van der Waals surface area contributed by atoms with E-state index >= 15 is 0 Å². The molecule has 0 spiro atoms. The molecule has 0 saturated heterocycles. The molecule has 0 rings (SSSR count). The number of rotatable bonds is 5. The van der Waals surface area contributed by atoms with E-state index in [4.69, 9.17) is 0 Å². The SMILES string of the molecule is CCCCCC(=O)[O][Al]=[O]. The molecule has 0 unspecified atom stereocenters. The van der Waals surface area contributed by atoms with Crippen LogP contribution in [0, 0.1) is 0 Å². The zero-order valence-electron chi connectivity index (χ0n) is 6.13. The first-order chi connectivity index (χ1) is 4.81. The van der Waals surface area contributed by atoms with E-state index in [2.05, 4.69) is 10.7 Å². The quantitative estimate of drug-likeness (QED) is 0.444. The van der Waals surface area contributed by atoms with E-state index in [9.17, 15) is 8.60 Å². The fourth-order valence-corrected chi connectivity index (χ4v) is 0.857. The maximum absolute atomic E-state index is 10.5. The monoisotopic (exact) mass is 158 g/mol. The third kappa shape index (κ3) is 5.93. The summed E-state index contributed by atoms with van der Waals surface area (Å²) in [5.74, 6) is -0.335. The van der Waals surface area contributed by atoms with Gasteiger partial charge in [0.1, 0.15) is 0 Å². The summed E-state index contributed by atoms with van der Waals surface area (Å²) < 4.78 is 14.1. The van der Waals surface area contributed by atoms with E-state index < -0.39 is 15.5 Å². The van der Waals surface area contributed by atoms with E-state index in [-0.39, 0.29) is 5.97 Å². The van der Waals surface area contributed by atoms with Crippen molar-refractivity contribution in [3.63, 3.8) is 0 Å². The molecule has 4 heteroatoms. The number of carbonyl (C=O) groups is 1. The number of unbranched alkanes of at least 4 members (excludes halogenated alkanes) is 2. The van der Waals surface area contributed by atoms with Gasteiger partial charge in [-0.15, -0.1) is 0 Å². The Balaban J connectivity index is 3.13. The molecule has 0 N–H and O–H groups in total. The topological polar surface area (TPSA) is 43.4 Å². The van der Waals surface area contributed by atoms with Crippen molar-refractivity contribution in [3.8, 4) is 0 Å². The molecule has 0 amide bonds. The summed E-state index contributed by atoms with van der Waals surface area (Å²) in [4.78, 5) is 10.5. The van der Waals surface area contributed by atoms with Gasteiger partial charge in [-0.2, -0.15) is 0 Å². The van der Waals surface area contributed by atoms with Gasteiger partial charge in [0.2, 0.25) is 0 Å². The summed E-state index contributed by atoms with van der Waals surface area (Å²) in [5, 5.41) is 0. The van der Waals surface area contributed by atoms with Crippen LogP contribution in [-0.4, -0.2) is 21.5 Å². The summed E-state index contributed by atoms with van der Waals surface area (Å²) in [5.41, 5.74) is 0. The number of carbonyl (C=O) groups excluding carboxylic acids is 1. The van der Waals surface area contributed by atoms with E-state index in [0.717, 1.165) is 19.3 Å². The van der Waals surface area contributed by atoms with Gasteiger partial charge >= 0.3 is 66.5 Å². The number of hydrogen-bond acceptors (Lipinski definition) is 3. The molecule has 10 heavy (non-hydrogen) atoms. The van der Waals surface area contributed by atoms with Gasteiger partial charge in [-0.3, -0.25) is 0 Å². The van der Waals surface area contributed by atoms with Gasteiger partial charge in [0.05, 0.1) is 0 Å². The van der Waals surface area contributed by atoms with E-state index in [0.29, 0.717) is 6.42 Å². The van der Waals surface area contributed by atoms with Gasteiger partial charge in [0.25, 0.3) is 0 Å². The third-order valence-corrected chi connectivity index (χ3v) is 1.52. The van der Waals surface area contributed by atoms with Crippen molar-refractivity contribution < 1.29 is 12.4 Å². The average Bonchev–Trinajstić information content (AvgIpc) is 1.89. The van der Waals surface area contributed by atoms with Crippen LogP contribution in [0.1, 0.15) is 32.6 Å². The Hall–Kier alpha value is -0.198. The van der Waals surface area contributed by atoms with Gasteiger partial charge in [-0.25, -0.2) is 0 Å². The van der Waals surface area contributed by atoms with E-state index in [1.807, 2.05) is 0 Å². The van der Waals surface area contributed by atoms with Gasteiger partial charge in [-0.05, 0) is 0 Å². The van der Waals surface area contributed by atoms with Crippen LogP contribution < -0.4 is 0 Å². The summed E-state index contributed by atoms with van der Waals surface area (Å²) in [6.07, 6.45) is 3.36. The molecular formula is C6H11AlO3. The second-order valence-corrected chi connectivity index (χ2v) is 2.47. The van der Waals surface area contributed by atoms with Crippen LogP contribution >= 0.6 is 0 Å². The van der Waals surface area contributed by atoms with Crippen LogP contribution in [0.15, 0.2) is 0 Å². The first kappa shape index (κ1) is 9.80. The molecule has 0 aromatic heterocycles. The molecule has 0 aliphatic rings. The minimum absolute atomic E-state index is 0.335. The van der Waals surface area contributed by atoms with Crippen LogP contribution in [-0.2, 0) is 12.4 Å². The number of hydrogen-bond donors (Lipinski definition) is 0. The minimum atomic E-state index is -1.36. The van der Waals surface area contributed by atoms with Gasteiger partial charge in [0.15, 0.2) is 0 Å². The molecule has 0 aliphatic heterocycles. The summed E-state index contributed by atoms with van der Waals surface area (Å²) in [6, 6.07) is 0. The molecule has 56 valence electrons. The van der Waals surface area contributed by atoms with Crippen LogP contribution in [0.5, 0.6) is 0 Å².